The molecule has 2 rings (SSSR count). The minimum atomic E-state index is -3.47. The Bertz CT molecular complexity index is 635. The van der Waals surface area contributed by atoms with Crippen molar-refractivity contribution < 1.29 is 8.42 Å². The van der Waals surface area contributed by atoms with Gasteiger partial charge < -0.3 is 10.3 Å². The largest absolute Gasteiger partial charge is 0.363 e. The highest BCUT2D eigenvalue weighted by molar-refractivity contribution is 7.89. The fraction of sp³-hybridized carbons (Fsp3) is 0.286. The molecule has 0 saturated heterocycles. The highest BCUT2D eigenvalue weighted by Crippen LogP contribution is 2.11. The van der Waals surface area contributed by atoms with Gasteiger partial charge in [0.1, 0.15) is 0 Å². The molecule has 0 atom stereocenters. The molecule has 20 heavy (non-hydrogen) atoms. The standard InChI is InChI=1S/C14H19N3O2S/c1-2-15-10-13-8-14(11-16-13)20(18,19)17-9-12-6-4-3-5-7-12/h3-8,11,15-17H,2,9-10H2,1H3. The zero-order valence-electron chi connectivity index (χ0n) is 11.4. The number of nitrogens with one attached hydrogen (secondary N) is 3. The van der Waals surface area contributed by atoms with Gasteiger partial charge in [0, 0.05) is 25.0 Å². The zero-order valence-corrected chi connectivity index (χ0v) is 12.2. The summed E-state index contributed by atoms with van der Waals surface area (Å²) in [6, 6.07) is 11.1. The van der Waals surface area contributed by atoms with Crippen molar-refractivity contribution in [2.24, 2.45) is 0 Å². The highest BCUT2D eigenvalue weighted by atomic mass is 32.2. The first kappa shape index (κ1) is 14.8. The fourth-order valence-corrected chi connectivity index (χ4v) is 2.83. The second kappa shape index (κ2) is 6.69. The lowest BCUT2D eigenvalue weighted by Gasteiger charge is -2.04. The molecule has 0 aliphatic rings. The van der Waals surface area contributed by atoms with Crippen LogP contribution in [-0.2, 0) is 23.1 Å². The molecule has 0 amide bonds. The average Bonchev–Trinajstić information content (AvgIpc) is 2.94. The molecule has 0 bridgehead atoms. The molecule has 108 valence electrons. The van der Waals surface area contributed by atoms with Crippen molar-refractivity contribution in [2.75, 3.05) is 6.54 Å². The van der Waals surface area contributed by atoms with Gasteiger partial charge in [0.25, 0.3) is 0 Å². The van der Waals surface area contributed by atoms with Crippen LogP contribution < -0.4 is 10.0 Å². The number of rotatable bonds is 7. The van der Waals surface area contributed by atoms with E-state index in [0.717, 1.165) is 17.8 Å². The molecule has 0 aliphatic carbocycles. The maximum absolute atomic E-state index is 12.1. The number of aromatic amines is 1. The third kappa shape index (κ3) is 3.93. The molecule has 0 spiro atoms. The number of hydrogen-bond donors (Lipinski definition) is 3. The Morgan fingerprint density at radius 1 is 1.15 bits per heavy atom. The van der Waals surface area contributed by atoms with Gasteiger partial charge in [-0.05, 0) is 18.2 Å². The number of sulfonamides is 1. The van der Waals surface area contributed by atoms with Gasteiger partial charge in [-0.3, -0.25) is 0 Å². The van der Waals surface area contributed by atoms with Gasteiger partial charge in [-0.1, -0.05) is 37.3 Å². The van der Waals surface area contributed by atoms with Crippen LogP contribution in [0.2, 0.25) is 0 Å². The topological polar surface area (TPSA) is 74.0 Å². The van der Waals surface area contributed by atoms with Crippen LogP contribution in [0.25, 0.3) is 0 Å². The average molecular weight is 293 g/mol. The molecule has 1 aromatic carbocycles. The Labute approximate surface area is 119 Å². The minimum absolute atomic E-state index is 0.265. The first-order valence-electron chi connectivity index (χ1n) is 6.53. The van der Waals surface area contributed by atoms with Crippen LogP contribution in [0.4, 0.5) is 0 Å². The Morgan fingerprint density at radius 2 is 1.90 bits per heavy atom. The van der Waals surface area contributed by atoms with Gasteiger partial charge >= 0.3 is 0 Å². The molecular weight excluding hydrogens is 274 g/mol. The van der Waals surface area contributed by atoms with E-state index in [9.17, 15) is 8.42 Å². The summed E-state index contributed by atoms with van der Waals surface area (Å²) in [6.45, 7) is 3.76. The summed E-state index contributed by atoms with van der Waals surface area (Å²) in [5, 5.41) is 3.14. The van der Waals surface area contributed by atoms with E-state index in [2.05, 4.69) is 15.0 Å². The van der Waals surface area contributed by atoms with E-state index in [1.807, 2.05) is 37.3 Å². The Balaban J connectivity index is 2.01. The summed E-state index contributed by atoms with van der Waals surface area (Å²) in [7, 11) is -3.47. The lowest BCUT2D eigenvalue weighted by molar-refractivity contribution is 0.581. The van der Waals surface area contributed by atoms with Gasteiger partial charge in [-0.2, -0.15) is 0 Å². The second-order valence-electron chi connectivity index (χ2n) is 4.45. The van der Waals surface area contributed by atoms with Crippen molar-refractivity contribution in [2.45, 2.75) is 24.9 Å². The van der Waals surface area contributed by atoms with E-state index in [1.165, 1.54) is 6.20 Å². The molecule has 1 aromatic heterocycles. The summed E-state index contributed by atoms with van der Waals surface area (Å²) in [5.74, 6) is 0. The van der Waals surface area contributed by atoms with Crippen LogP contribution >= 0.6 is 0 Å². The highest BCUT2D eigenvalue weighted by Gasteiger charge is 2.15. The summed E-state index contributed by atoms with van der Waals surface area (Å²) in [4.78, 5) is 3.23. The Hall–Kier alpha value is -1.63. The first-order valence-corrected chi connectivity index (χ1v) is 8.02. The molecule has 6 heteroatoms. The predicted octanol–water partition coefficient (Wildman–Crippen LogP) is 1.60. The van der Waals surface area contributed by atoms with Crippen molar-refractivity contribution in [3.05, 3.63) is 53.9 Å². The van der Waals surface area contributed by atoms with Crippen molar-refractivity contribution in [3.63, 3.8) is 0 Å². The summed E-state index contributed by atoms with van der Waals surface area (Å²) in [5.41, 5.74) is 1.78. The second-order valence-corrected chi connectivity index (χ2v) is 6.22. The lowest BCUT2D eigenvalue weighted by Crippen LogP contribution is -2.22. The van der Waals surface area contributed by atoms with E-state index < -0.39 is 10.0 Å². The summed E-state index contributed by atoms with van der Waals surface area (Å²) in [6.07, 6.45) is 1.51. The van der Waals surface area contributed by atoms with Gasteiger partial charge in [0.2, 0.25) is 10.0 Å². The summed E-state index contributed by atoms with van der Waals surface area (Å²) >= 11 is 0. The van der Waals surface area contributed by atoms with Crippen LogP contribution in [0.1, 0.15) is 18.2 Å². The summed E-state index contributed by atoms with van der Waals surface area (Å²) < 4.78 is 26.9. The Morgan fingerprint density at radius 3 is 2.60 bits per heavy atom. The predicted molar refractivity (Wildman–Crippen MR) is 78.6 cm³/mol. The monoisotopic (exact) mass is 293 g/mol. The maximum atomic E-state index is 12.1. The van der Waals surface area contributed by atoms with Gasteiger partial charge in [-0.25, -0.2) is 13.1 Å². The van der Waals surface area contributed by atoms with Crippen LogP contribution in [0.3, 0.4) is 0 Å². The number of hydrogen-bond acceptors (Lipinski definition) is 3. The first-order chi connectivity index (χ1) is 9.62. The van der Waals surface area contributed by atoms with Crippen molar-refractivity contribution in [3.8, 4) is 0 Å². The van der Waals surface area contributed by atoms with Crippen molar-refractivity contribution in [1.82, 2.24) is 15.0 Å². The number of benzene rings is 1. The van der Waals surface area contributed by atoms with Crippen molar-refractivity contribution >= 4 is 10.0 Å². The van der Waals surface area contributed by atoms with E-state index >= 15 is 0 Å². The third-order valence-corrected chi connectivity index (χ3v) is 4.28. The molecular formula is C14H19N3O2S. The van der Waals surface area contributed by atoms with E-state index in [-0.39, 0.29) is 11.4 Å². The van der Waals surface area contributed by atoms with Crippen LogP contribution in [-0.4, -0.2) is 19.9 Å². The molecule has 3 N–H and O–H groups in total. The van der Waals surface area contributed by atoms with Crippen LogP contribution in [0, 0.1) is 0 Å². The van der Waals surface area contributed by atoms with E-state index in [0.29, 0.717) is 6.54 Å². The fourth-order valence-electron chi connectivity index (χ4n) is 1.79. The normalized spacial score (nSPS) is 11.7. The van der Waals surface area contributed by atoms with Gasteiger partial charge in [-0.15, -0.1) is 0 Å². The maximum Gasteiger partial charge on any atom is 0.242 e. The number of H-pyrrole nitrogens is 1. The molecule has 0 fully saturated rings. The molecule has 0 saturated carbocycles. The van der Waals surface area contributed by atoms with E-state index in [1.54, 1.807) is 6.07 Å². The minimum Gasteiger partial charge on any atom is -0.363 e. The molecule has 1 heterocycles. The lowest BCUT2D eigenvalue weighted by atomic mass is 10.2. The SMILES string of the molecule is CCNCc1cc(S(=O)(=O)NCc2ccccc2)c[nH]1. The van der Waals surface area contributed by atoms with Gasteiger partial charge in [0.15, 0.2) is 0 Å². The smallest absolute Gasteiger partial charge is 0.242 e. The third-order valence-electron chi connectivity index (χ3n) is 2.90. The van der Waals surface area contributed by atoms with Crippen molar-refractivity contribution in [1.29, 1.82) is 0 Å². The van der Waals surface area contributed by atoms with E-state index in [4.69, 9.17) is 0 Å². The number of aromatic nitrogens is 1. The van der Waals surface area contributed by atoms with Crippen LogP contribution in [0.5, 0.6) is 0 Å². The molecule has 0 radical (unpaired) electrons. The van der Waals surface area contributed by atoms with Gasteiger partial charge in [0.05, 0.1) is 4.90 Å². The quantitative estimate of drug-likeness (QED) is 0.726. The molecule has 2 aromatic rings. The zero-order chi connectivity index (χ0) is 14.4. The molecule has 5 nitrogen and oxygen atoms in total. The van der Waals surface area contributed by atoms with Crippen LogP contribution in [0.15, 0.2) is 47.5 Å². The molecule has 0 unspecified atom stereocenters. The molecule has 0 aliphatic heterocycles. The Kier molecular flexibility index (Phi) is 4.94.